The molecule has 124 valence electrons. The molecule has 0 N–H and O–H groups in total. The van der Waals surface area contributed by atoms with E-state index in [0.717, 1.165) is 18.1 Å². The van der Waals surface area contributed by atoms with Gasteiger partial charge in [-0.2, -0.15) is 3.89 Å². The average molecular weight is 341 g/mol. The normalized spacial score (nSPS) is 12.3. The second kappa shape index (κ2) is 12.1. The zero-order valence-electron chi connectivity index (χ0n) is 13.9. The molecule has 1 atom stereocenters. The summed E-state index contributed by atoms with van der Waals surface area (Å²) in [6, 6.07) is 7.66. The minimum Gasteiger partial charge on any atom is -0.160 e. The highest BCUT2D eigenvalue weighted by Crippen LogP contribution is 2.26. The van der Waals surface area contributed by atoms with Crippen LogP contribution in [0.2, 0.25) is 0 Å². The average Bonchev–Trinajstić information content (AvgIpc) is 2.55. The molecule has 0 bridgehead atoms. The van der Waals surface area contributed by atoms with Gasteiger partial charge in [0, 0.05) is 15.5 Å². The maximum absolute atomic E-state index is 12.4. The Morgan fingerprint density at radius 1 is 1.09 bits per heavy atom. The predicted octanol–water partition coefficient (Wildman–Crippen LogP) is 7.70. The van der Waals surface area contributed by atoms with Crippen LogP contribution in [0.3, 0.4) is 0 Å². The summed E-state index contributed by atoms with van der Waals surface area (Å²) in [5.41, 5.74) is 1.37. The van der Waals surface area contributed by atoms with E-state index < -0.39 is 0 Å². The molecule has 0 amide bonds. The molecule has 0 heterocycles. The van der Waals surface area contributed by atoms with Crippen LogP contribution < -0.4 is 0 Å². The zero-order valence-corrected chi connectivity index (χ0v) is 15.6. The molecule has 1 aromatic rings. The number of unbranched alkanes of at least 4 members (excludes halogenated alkanes) is 1. The molecule has 0 aliphatic heterocycles. The van der Waals surface area contributed by atoms with Crippen LogP contribution in [0.5, 0.6) is 0 Å². The second-order valence-electron chi connectivity index (χ2n) is 5.85. The van der Waals surface area contributed by atoms with Gasteiger partial charge >= 0.3 is 0 Å². The highest BCUT2D eigenvalue weighted by atomic mass is 32.2. The van der Waals surface area contributed by atoms with E-state index in [2.05, 4.69) is 20.4 Å². The molecule has 3 heteroatoms. The largest absolute Gasteiger partial charge is 0.160 e. The zero-order chi connectivity index (χ0) is 16.2. The van der Waals surface area contributed by atoms with Crippen molar-refractivity contribution in [2.45, 2.75) is 68.6 Å². The second-order valence-corrected chi connectivity index (χ2v) is 7.65. The number of thioether (sulfide) groups is 1. The lowest BCUT2D eigenvalue weighted by molar-refractivity contribution is 0.420. The van der Waals surface area contributed by atoms with Crippen molar-refractivity contribution in [2.24, 2.45) is 5.92 Å². The Balaban J connectivity index is 2.19. The number of hydrogen-bond donors (Lipinski definition) is 0. The molecular formula is C19H29FS2. The number of allylic oxidation sites excluding steroid dienone is 1. The molecule has 0 aliphatic carbocycles. The minimum atomic E-state index is 0.300. The van der Waals surface area contributed by atoms with Gasteiger partial charge in [0.1, 0.15) is 0 Å². The summed E-state index contributed by atoms with van der Waals surface area (Å²) in [4.78, 5) is 1.88. The maximum Gasteiger partial charge on any atom is 0.0812 e. The number of rotatable bonds is 12. The SMILES string of the molecule is C=C(CCSc1ccc(SF)cc1)CCC(CC)CCCC. The fourth-order valence-electron chi connectivity index (χ4n) is 2.48. The van der Waals surface area contributed by atoms with E-state index in [1.165, 1.54) is 49.0 Å². The number of hydrogen-bond acceptors (Lipinski definition) is 2. The summed E-state index contributed by atoms with van der Waals surface area (Å²) in [6.07, 6.45) is 8.85. The quantitative estimate of drug-likeness (QED) is 0.282. The third-order valence-corrected chi connectivity index (χ3v) is 5.55. The summed E-state index contributed by atoms with van der Waals surface area (Å²) >= 11 is 2.13. The summed E-state index contributed by atoms with van der Waals surface area (Å²) in [5, 5.41) is 0. The van der Waals surface area contributed by atoms with Gasteiger partial charge in [-0.15, -0.1) is 11.8 Å². The fraction of sp³-hybridized carbons (Fsp3) is 0.579. The van der Waals surface area contributed by atoms with Gasteiger partial charge in [-0.3, -0.25) is 0 Å². The molecule has 0 radical (unpaired) electrons. The third-order valence-electron chi connectivity index (χ3n) is 4.09. The monoisotopic (exact) mass is 340 g/mol. The van der Waals surface area contributed by atoms with Crippen molar-refractivity contribution in [3.05, 3.63) is 36.4 Å². The number of benzene rings is 1. The maximum atomic E-state index is 12.4. The van der Waals surface area contributed by atoms with Crippen molar-refractivity contribution in [3.8, 4) is 0 Å². The van der Waals surface area contributed by atoms with Gasteiger partial charge in [-0.1, -0.05) is 51.7 Å². The third kappa shape index (κ3) is 8.28. The van der Waals surface area contributed by atoms with Gasteiger partial charge < -0.3 is 0 Å². The Bertz CT molecular complexity index is 414. The van der Waals surface area contributed by atoms with Crippen molar-refractivity contribution < 1.29 is 3.89 Å². The van der Waals surface area contributed by atoms with E-state index in [4.69, 9.17) is 0 Å². The van der Waals surface area contributed by atoms with E-state index in [1.807, 2.05) is 36.0 Å². The molecule has 0 aromatic heterocycles. The van der Waals surface area contributed by atoms with Crippen molar-refractivity contribution in [1.82, 2.24) is 0 Å². The Morgan fingerprint density at radius 3 is 2.36 bits per heavy atom. The standard InChI is InChI=1S/C19H29FS2/c1-4-6-7-17(5-2)9-8-16(3)14-15-21-18-10-12-19(22-20)13-11-18/h10-13,17H,3-9,14-15H2,1-2H3. The van der Waals surface area contributed by atoms with E-state index in [0.29, 0.717) is 17.0 Å². The van der Waals surface area contributed by atoms with Gasteiger partial charge in [0.15, 0.2) is 0 Å². The molecule has 0 fully saturated rings. The first-order valence-corrected chi connectivity index (χ1v) is 10.1. The van der Waals surface area contributed by atoms with Gasteiger partial charge in [-0.25, -0.2) is 0 Å². The van der Waals surface area contributed by atoms with Crippen molar-refractivity contribution in [1.29, 1.82) is 0 Å². The van der Waals surface area contributed by atoms with Gasteiger partial charge in [0.2, 0.25) is 0 Å². The summed E-state index contributed by atoms with van der Waals surface area (Å²) < 4.78 is 12.4. The van der Waals surface area contributed by atoms with Crippen molar-refractivity contribution >= 4 is 23.9 Å². The van der Waals surface area contributed by atoms with Crippen LogP contribution in [0.1, 0.15) is 58.8 Å². The van der Waals surface area contributed by atoms with Gasteiger partial charge in [-0.05, 0) is 49.4 Å². The predicted molar refractivity (Wildman–Crippen MR) is 100 cm³/mol. The number of halogens is 1. The van der Waals surface area contributed by atoms with Crippen LogP contribution in [0.15, 0.2) is 46.2 Å². The van der Waals surface area contributed by atoms with Crippen molar-refractivity contribution in [2.75, 3.05) is 5.75 Å². The molecule has 1 unspecified atom stereocenters. The van der Waals surface area contributed by atoms with Crippen LogP contribution in [-0.2, 0) is 0 Å². The summed E-state index contributed by atoms with van der Waals surface area (Å²) in [7, 11) is 0. The van der Waals surface area contributed by atoms with E-state index in [1.54, 1.807) is 0 Å². The van der Waals surface area contributed by atoms with Crippen LogP contribution in [0.25, 0.3) is 0 Å². The smallest absolute Gasteiger partial charge is 0.0812 e. The molecule has 1 aromatic carbocycles. The lowest BCUT2D eigenvalue weighted by atomic mass is 9.92. The molecule has 1 rings (SSSR count). The Kier molecular flexibility index (Phi) is 10.8. The fourth-order valence-corrected chi connectivity index (χ4v) is 3.67. The summed E-state index contributed by atoms with van der Waals surface area (Å²) in [6.45, 7) is 8.80. The van der Waals surface area contributed by atoms with E-state index in [-0.39, 0.29) is 0 Å². The molecule has 0 aliphatic rings. The molecule has 0 saturated heterocycles. The van der Waals surface area contributed by atoms with Crippen LogP contribution in [-0.4, -0.2) is 5.75 Å². The Labute approximate surface area is 144 Å². The molecular weight excluding hydrogens is 311 g/mol. The highest BCUT2D eigenvalue weighted by molar-refractivity contribution is 7.99. The Morgan fingerprint density at radius 2 is 1.77 bits per heavy atom. The first-order valence-electron chi connectivity index (χ1n) is 8.37. The van der Waals surface area contributed by atoms with Gasteiger partial charge in [0.05, 0.1) is 12.1 Å². The summed E-state index contributed by atoms with van der Waals surface area (Å²) in [5.74, 6) is 1.93. The van der Waals surface area contributed by atoms with Gasteiger partial charge in [0.25, 0.3) is 0 Å². The highest BCUT2D eigenvalue weighted by Gasteiger charge is 2.07. The van der Waals surface area contributed by atoms with Crippen LogP contribution >= 0.6 is 23.9 Å². The molecule has 0 saturated carbocycles. The van der Waals surface area contributed by atoms with E-state index >= 15 is 0 Å². The molecule has 0 nitrogen and oxygen atoms in total. The van der Waals surface area contributed by atoms with Crippen molar-refractivity contribution in [3.63, 3.8) is 0 Å². The topological polar surface area (TPSA) is 0 Å². The lowest BCUT2D eigenvalue weighted by Crippen LogP contribution is -2.00. The van der Waals surface area contributed by atoms with Crippen LogP contribution in [0.4, 0.5) is 3.89 Å². The first kappa shape index (κ1) is 19.6. The Hall–Kier alpha value is -0.410. The first-order chi connectivity index (χ1) is 10.7. The van der Waals surface area contributed by atoms with Crippen LogP contribution in [0, 0.1) is 5.92 Å². The lowest BCUT2D eigenvalue weighted by Gasteiger charge is -2.15. The van der Waals surface area contributed by atoms with E-state index in [9.17, 15) is 3.89 Å². The molecule has 0 spiro atoms. The minimum absolute atomic E-state index is 0.300. The molecule has 22 heavy (non-hydrogen) atoms.